The largest absolute Gasteiger partial charge is 0.339 e. The predicted octanol–water partition coefficient (Wildman–Crippen LogP) is 2.94. The second kappa shape index (κ2) is 6.17. The molecule has 0 aliphatic heterocycles. The molecule has 0 saturated heterocycles. The molecule has 6 heteroatoms. The topological polar surface area (TPSA) is 76.5 Å². The van der Waals surface area contributed by atoms with E-state index in [1.807, 2.05) is 42.0 Å². The van der Waals surface area contributed by atoms with E-state index in [0.29, 0.717) is 18.1 Å². The van der Waals surface area contributed by atoms with Gasteiger partial charge in [0.05, 0.1) is 23.8 Å². The highest BCUT2D eigenvalue weighted by Crippen LogP contribution is 2.30. The summed E-state index contributed by atoms with van der Waals surface area (Å²) in [6.45, 7) is 2.41. The van der Waals surface area contributed by atoms with E-state index in [9.17, 15) is 10.1 Å². The van der Waals surface area contributed by atoms with E-state index >= 15 is 0 Å². The van der Waals surface area contributed by atoms with Crippen LogP contribution in [-0.2, 0) is 6.54 Å². The molecule has 126 valence electrons. The first-order valence-corrected chi connectivity index (χ1v) is 8.60. The van der Waals surface area contributed by atoms with Gasteiger partial charge in [0.25, 0.3) is 0 Å². The van der Waals surface area contributed by atoms with Gasteiger partial charge in [0, 0.05) is 18.1 Å². The zero-order valence-corrected chi connectivity index (χ0v) is 14.1. The normalized spacial score (nSPS) is 14.9. The fourth-order valence-electron chi connectivity index (χ4n) is 3.69. The Balaban J connectivity index is 1.83. The van der Waals surface area contributed by atoms with Crippen LogP contribution < -0.4 is 5.43 Å². The fraction of sp³-hybridized carbons (Fsp3) is 0.368. The Morgan fingerprint density at radius 3 is 2.84 bits per heavy atom. The molecule has 3 heterocycles. The standard InChI is InChI=1S/C19H19N5O/c1-13-6-7-17-18(22-13)19(25)14(10-20)11-23(17)12-16-8-9-21-24(16)15-4-2-3-5-15/h6-9,11,15H,2-5,12H2,1H3. The van der Waals surface area contributed by atoms with Gasteiger partial charge in [0.1, 0.15) is 17.1 Å². The predicted molar refractivity (Wildman–Crippen MR) is 94.3 cm³/mol. The average Bonchev–Trinajstić information content (AvgIpc) is 3.28. The van der Waals surface area contributed by atoms with Crippen molar-refractivity contribution in [1.29, 1.82) is 5.26 Å². The van der Waals surface area contributed by atoms with Gasteiger partial charge in [-0.25, -0.2) is 4.98 Å². The second-order valence-corrected chi connectivity index (χ2v) is 6.64. The molecule has 0 unspecified atom stereocenters. The van der Waals surface area contributed by atoms with Crippen molar-refractivity contribution in [3.63, 3.8) is 0 Å². The lowest BCUT2D eigenvalue weighted by Crippen LogP contribution is -2.17. The van der Waals surface area contributed by atoms with Crippen LogP contribution in [0.15, 0.2) is 35.4 Å². The number of nitriles is 1. The molecule has 25 heavy (non-hydrogen) atoms. The number of rotatable bonds is 3. The third kappa shape index (κ3) is 2.72. The summed E-state index contributed by atoms with van der Waals surface area (Å²) in [5, 5.41) is 13.8. The summed E-state index contributed by atoms with van der Waals surface area (Å²) in [5.74, 6) is 0. The van der Waals surface area contributed by atoms with Gasteiger partial charge in [-0.2, -0.15) is 10.4 Å². The van der Waals surface area contributed by atoms with Gasteiger partial charge in [0.15, 0.2) is 0 Å². The molecule has 1 saturated carbocycles. The molecular weight excluding hydrogens is 314 g/mol. The maximum absolute atomic E-state index is 12.4. The smallest absolute Gasteiger partial charge is 0.225 e. The Hall–Kier alpha value is -2.94. The second-order valence-electron chi connectivity index (χ2n) is 6.64. The van der Waals surface area contributed by atoms with E-state index in [-0.39, 0.29) is 11.0 Å². The molecule has 3 aromatic heterocycles. The van der Waals surface area contributed by atoms with Gasteiger partial charge in [-0.15, -0.1) is 0 Å². The summed E-state index contributed by atoms with van der Waals surface area (Å²) >= 11 is 0. The number of aryl methyl sites for hydroxylation is 1. The zero-order valence-electron chi connectivity index (χ0n) is 14.1. The van der Waals surface area contributed by atoms with E-state index in [2.05, 4.69) is 14.8 Å². The molecule has 1 aliphatic rings. The minimum absolute atomic E-state index is 0.123. The van der Waals surface area contributed by atoms with Crippen LogP contribution in [0, 0.1) is 18.3 Å². The Morgan fingerprint density at radius 2 is 2.08 bits per heavy atom. The molecule has 4 rings (SSSR count). The monoisotopic (exact) mass is 333 g/mol. The molecule has 0 atom stereocenters. The van der Waals surface area contributed by atoms with Crippen LogP contribution in [0.25, 0.3) is 11.0 Å². The van der Waals surface area contributed by atoms with E-state index in [0.717, 1.165) is 29.7 Å². The summed E-state index contributed by atoms with van der Waals surface area (Å²) in [7, 11) is 0. The fourth-order valence-corrected chi connectivity index (χ4v) is 3.69. The third-order valence-corrected chi connectivity index (χ3v) is 4.94. The molecular formula is C19H19N5O. The Labute approximate surface area is 145 Å². The molecule has 3 aromatic rings. The van der Waals surface area contributed by atoms with E-state index in [4.69, 9.17) is 0 Å². The summed E-state index contributed by atoms with van der Waals surface area (Å²) < 4.78 is 4.04. The van der Waals surface area contributed by atoms with E-state index in [1.54, 1.807) is 6.20 Å². The van der Waals surface area contributed by atoms with Gasteiger partial charge in [-0.1, -0.05) is 12.8 Å². The summed E-state index contributed by atoms with van der Waals surface area (Å²) in [6.07, 6.45) is 8.26. The van der Waals surface area contributed by atoms with Crippen molar-refractivity contribution in [1.82, 2.24) is 19.3 Å². The Morgan fingerprint density at radius 1 is 1.28 bits per heavy atom. The van der Waals surface area contributed by atoms with E-state index in [1.165, 1.54) is 12.8 Å². The van der Waals surface area contributed by atoms with Crippen LogP contribution in [0.4, 0.5) is 0 Å². The number of hydrogen-bond donors (Lipinski definition) is 0. The van der Waals surface area contributed by atoms with Crippen molar-refractivity contribution in [3.8, 4) is 6.07 Å². The van der Waals surface area contributed by atoms with Gasteiger partial charge >= 0.3 is 0 Å². The number of hydrogen-bond acceptors (Lipinski definition) is 4. The summed E-state index contributed by atoms with van der Waals surface area (Å²) in [6, 6.07) is 8.25. The molecule has 0 N–H and O–H groups in total. The number of fused-ring (bicyclic) bond motifs is 1. The minimum atomic E-state index is -0.304. The highest BCUT2D eigenvalue weighted by Gasteiger charge is 2.20. The van der Waals surface area contributed by atoms with Gasteiger partial charge < -0.3 is 4.57 Å². The maximum Gasteiger partial charge on any atom is 0.225 e. The lowest BCUT2D eigenvalue weighted by atomic mass is 10.2. The summed E-state index contributed by atoms with van der Waals surface area (Å²) in [5.41, 5.74) is 2.77. The Kier molecular flexibility index (Phi) is 3.85. The van der Waals surface area contributed by atoms with Crippen LogP contribution in [-0.4, -0.2) is 19.3 Å². The number of pyridine rings is 2. The first-order chi connectivity index (χ1) is 12.2. The lowest BCUT2D eigenvalue weighted by Gasteiger charge is -2.16. The maximum atomic E-state index is 12.4. The average molecular weight is 333 g/mol. The van der Waals surface area contributed by atoms with Crippen molar-refractivity contribution in [2.24, 2.45) is 0 Å². The molecule has 0 bridgehead atoms. The highest BCUT2D eigenvalue weighted by molar-refractivity contribution is 5.76. The first-order valence-electron chi connectivity index (χ1n) is 8.60. The number of aromatic nitrogens is 4. The SMILES string of the molecule is Cc1ccc2c(n1)c(=O)c(C#N)cn2Cc1ccnn1C1CCCC1. The van der Waals surface area contributed by atoms with Crippen LogP contribution in [0.5, 0.6) is 0 Å². The third-order valence-electron chi connectivity index (χ3n) is 4.94. The van der Waals surface area contributed by atoms with E-state index < -0.39 is 0 Å². The number of nitrogens with zero attached hydrogens (tertiary/aromatic N) is 5. The van der Waals surface area contributed by atoms with Crippen molar-refractivity contribution in [3.05, 3.63) is 57.8 Å². The molecule has 1 fully saturated rings. The van der Waals surface area contributed by atoms with Crippen LogP contribution in [0.1, 0.15) is 48.7 Å². The molecule has 0 aromatic carbocycles. The van der Waals surface area contributed by atoms with Crippen LogP contribution in [0.2, 0.25) is 0 Å². The van der Waals surface area contributed by atoms with Gasteiger partial charge in [-0.3, -0.25) is 9.48 Å². The van der Waals surface area contributed by atoms with Crippen molar-refractivity contribution in [2.75, 3.05) is 0 Å². The van der Waals surface area contributed by atoms with Crippen LogP contribution >= 0.6 is 0 Å². The lowest BCUT2D eigenvalue weighted by molar-refractivity contribution is 0.445. The minimum Gasteiger partial charge on any atom is -0.339 e. The van der Waals surface area contributed by atoms with Crippen molar-refractivity contribution >= 4 is 11.0 Å². The Bertz CT molecular complexity index is 1030. The molecule has 0 radical (unpaired) electrons. The van der Waals surface area contributed by atoms with Crippen molar-refractivity contribution < 1.29 is 0 Å². The van der Waals surface area contributed by atoms with Crippen LogP contribution in [0.3, 0.4) is 0 Å². The van der Waals surface area contributed by atoms with Crippen molar-refractivity contribution in [2.45, 2.75) is 45.2 Å². The highest BCUT2D eigenvalue weighted by atomic mass is 16.1. The zero-order chi connectivity index (χ0) is 17.4. The van der Waals surface area contributed by atoms with Gasteiger partial charge in [-0.05, 0) is 38.0 Å². The summed E-state index contributed by atoms with van der Waals surface area (Å²) in [4.78, 5) is 16.8. The first kappa shape index (κ1) is 15.6. The molecule has 1 aliphatic carbocycles. The molecule has 0 amide bonds. The molecule has 0 spiro atoms. The molecule has 6 nitrogen and oxygen atoms in total. The quantitative estimate of drug-likeness (QED) is 0.738. The van der Waals surface area contributed by atoms with Gasteiger partial charge in [0.2, 0.25) is 5.43 Å².